The van der Waals surface area contributed by atoms with Crippen molar-refractivity contribution in [2.75, 3.05) is 5.32 Å². The van der Waals surface area contributed by atoms with E-state index in [0.717, 1.165) is 30.6 Å². The standard InChI is InChI=1S/C22H28ClN3S2/c1-2-15-20-22(28-21(15)16-9-5-3-4-6-10-17(16)24)18(12-19(23)26-20)25-13-14-8-7-11-27-14/h7-8,11-12,16-17H,2-6,9-10,13,24H2,1H3,(H,25,26)/t16-,17-/m1/s1. The normalized spacial score (nSPS) is 20.8. The van der Waals surface area contributed by atoms with E-state index in [1.54, 1.807) is 11.3 Å². The van der Waals surface area contributed by atoms with Gasteiger partial charge in [-0.15, -0.1) is 22.7 Å². The number of pyridine rings is 1. The van der Waals surface area contributed by atoms with E-state index in [1.807, 2.05) is 17.4 Å². The lowest BCUT2D eigenvalue weighted by molar-refractivity contribution is 0.407. The minimum Gasteiger partial charge on any atom is -0.379 e. The molecule has 0 radical (unpaired) electrons. The molecule has 0 aromatic carbocycles. The summed E-state index contributed by atoms with van der Waals surface area (Å²) in [4.78, 5) is 7.49. The molecule has 3 aromatic heterocycles. The minimum absolute atomic E-state index is 0.247. The van der Waals surface area contributed by atoms with Gasteiger partial charge in [0.15, 0.2) is 0 Å². The van der Waals surface area contributed by atoms with E-state index in [9.17, 15) is 0 Å². The summed E-state index contributed by atoms with van der Waals surface area (Å²) in [5, 5.41) is 6.27. The fourth-order valence-corrected chi connectivity index (χ4v) is 6.68. The van der Waals surface area contributed by atoms with Crippen LogP contribution in [-0.2, 0) is 13.0 Å². The molecule has 150 valence electrons. The molecular formula is C22H28ClN3S2. The maximum atomic E-state index is 6.66. The Hall–Kier alpha value is -1.14. The summed E-state index contributed by atoms with van der Waals surface area (Å²) in [5.41, 5.74) is 10.2. The number of rotatable bonds is 5. The first-order chi connectivity index (χ1) is 13.7. The number of aryl methyl sites for hydroxylation is 1. The molecule has 2 atom stereocenters. The van der Waals surface area contributed by atoms with Crippen LogP contribution in [0.2, 0.25) is 5.15 Å². The van der Waals surface area contributed by atoms with Gasteiger partial charge in [0.2, 0.25) is 0 Å². The SMILES string of the molecule is CCc1c([C@@H]2CCCCCC[C@H]2N)sc2c(NCc3cccs3)cc(Cl)nc12. The molecule has 3 N–H and O–H groups in total. The summed E-state index contributed by atoms with van der Waals surface area (Å²) in [6.07, 6.45) is 8.45. The van der Waals surface area contributed by atoms with Crippen LogP contribution in [0.3, 0.4) is 0 Å². The van der Waals surface area contributed by atoms with E-state index >= 15 is 0 Å². The molecule has 4 rings (SSSR count). The number of halogens is 1. The van der Waals surface area contributed by atoms with Crippen LogP contribution >= 0.6 is 34.3 Å². The number of nitrogens with two attached hydrogens (primary N) is 1. The number of fused-ring (bicyclic) bond motifs is 1. The second kappa shape index (κ2) is 9.12. The first kappa shape index (κ1) is 20.1. The quantitative estimate of drug-likeness (QED) is 0.428. The Labute approximate surface area is 180 Å². The highest BCUT2D eigenvalue weighted by Gasteiger charge is 2.27. The Morgan fingerprint density at radius 1 is 1.25 bits per heavy atom. The molecule has 0 bridgehead atoms. The smallest absolute Gasteiger partial charge is 0.131 e. The van der Waals surface area contributed by atoms with E-state index in [1.165, 1.54) is 52.1 Å². The number of anilines is 1. The minimum atomic E-state index is 0.247. The van der Waals surface area contributed by atoms with Gasteiger partial charge in [0.1, 0.15) is 5.15 Å². The first-order valence-electron chi connectivity index (χ1n) is 10.3. The van der Waals surface area contributed by atoms with Gasteiger partial charge in [-0.2, -0.15) is 0 Å². The summed E-state index contributed by atoms with van der Waals surface area (Å²) >= 11 is 10.1. The van der Waals surface area contributed by atoms with Crippen molar-refractivity contribution >= 4 is 50.2 Å². The molecule has 1 saturated carbocycles. The predicted molar refractivity (Wildman–Crippen MR) is 124 cm³/mol. The van der Waals surface area contributed by atoms with Gasteiger partial charge in [-0.05, 0) is 36.3 Å². The number of nitrogens with zero attached hydrogens (tertiary/aromatic N) is 1. The van der Waals surface area contributed by atoms with Crippen LogP contribution < -0.4 is 11.1 Å². The summed E-state index contributed by atoms with van der Waals surface area (Å²) in [5.74, 6) is 0.443. The Kier molecular flexibility index (Phi) is 6.56. The van der Waals surface area contributed by atoms with Crippen molar-refractivity contribution in [2.24, 2.45) is 5.73 Å². The summed E-state index contributed by atoms with van der Waals surface area (Å²) in [7, 11) is 0. The average Bonchev–Trinajstić information content (AvgIpc) is 3.30. The van der Waals surface area contributed by atoms with Crippen molar-refractivity contribution in [3.63, 3.8) is 0 Å². The monoisotopic (exact) mass is 433 g/mol. The third-order valence-corrected chi connectivity index (χ3v) is 8.24. The Morgan fingerprint density at radius 3 is 2.82 bits per heavy atom. The highest BCUT2D eigenvalue weighted by atomic mass is 35.5. The Bertz CT molecular complexity index is 920. The number of hydrogen-bond acceptors (Lipinski definition) is 5. The van der Waals surface area contributed by atoms with Gasteiger partial charge >= 0.3 is 0 Å². The lowest BCUT2D eigenvalue weighted by atomic mass is 9.84. The van der Waals surface area contributed by atoms with E-state index in [4.69, 9.17) is 22.3 Å². The van der Waals surface area contributed by atoms with Gasteiger partial charge in [0.25, 0.3) is 0 Å². The number of aromatic nitrogens is 1. The van der Waals surface area contributed by atoms with Crippen LogP contribution in [0, 0.1) is 0 Å². The van der Waals surface area contributed by atoms with Crippen LogP contribution in [0.5, 0.6) is 0 Å². The van der Waals surface area contributed by atoms with Gasteiger partial charge in [-0.3, -0.25) is 0 Å². The van der Waals surface area contributed by atoms with Crippen molar-refractivity contribution in [1.82, 2.24) is 4.98 Å². The molecule has 28 heavy (non-hydrogen) atoms. The molecule has 1 fully saturated rings. The summed E-state index contributed by atoms with van der Waals surface area (Å²) in [6, 6.07) is 6.46. The maximum Gasteiger partial charge on any atom is 0.131 e. The van der Waals surface area contributed by atoms with Crippen molar-refractivity contribution in [3.8, 4) is 0 Å². The second-order valence-corrected chi connectivity index (χ2v) is 10.1. The lowest BCUT2D eigenvalue weighted by Crippen LogP contribution is -2.29. The fourth-order valence-electron chi connectivity index (χ4n) is 4.30. The predicted octanol–water partition coefficient (Wildman–Crippen LogP) is 6.95. The van der Waals surface area contributed by atoms with Crippen molar-refractivity contribution in [2.45, 2.75) is 70.4 Å². The largest absolute Gasteiger partial charge is 0.379 e. The molecule has 3 aromatic rings. The van der Waals surface area contributed by atoms with Crippen LogP contribution in [0.1, 0.15) is 66.7 Å². The molecule has 0 spiro atoms. The molecule has 0 amide bonds. The molecule has 0 aliphatic heterocycles. The van der Waals surface area contributed by atoms with Crippen LogP contribution in [-0.4, -0.2) is 11.0 Å². The lowest BCUT2D eigenvalue weighted by Gasteiger charge is -2.26. The average molecular weight is 434 g/mol. The fraction of sp³-hybridized carbons (Fsp3) is 0.500. The third-order valence-electron chi connectivity index (χ3n) is 5.78. The highest BCUT2D eigenvalue weighted by Crippen LogP contribution is 2.43. The first-order valence-corrected chi connectivity index (χ1v) is 12.4. The number of nitrogens with one attached hydrogen (secondary N) is 1. The van der Waals surface area contributed by atoms with Crippen LogP contribution in [0.15, 0.2) is 23.6 Å². The Morgan fingerprint density at radius 2 is 2.07 bits per heavy atom. The molecule has 1 aliphatic carbocycles. The molecule has 3 heterocycles. The molecule has 1 aliphatic rings. The molecule has 6 heteroatoms. The summed E-state index contributed by atoms with van der Waals surface area (Å²) < 4.78 is 1.22. The van der Waals surface area contributed by atoms with Gasteiger partial charge < -0.3 is 11.1 Å². The highest BCUT2D eigenvalue weighted by molar-refractivity contribution is 7.20. The zero-order valence-corrected chi connectivity index (χ0v) is 18.7. The van der Waals surface area contributed by atoms with Crippen LogP contribution in [0.4, 0.5) is 5.69 Å². The number of thiophene rings is 2. The molecule has 0 saturated heterocycles. The maximum absolute atomic E-state index is 6.66. The van der Waals surface area contributed by atoms with E-state index in [-0.39, 0.29) is 6.04 Å². The topological polar surface area (TPSA) is 50.9 Å². The van der Waals surface area contributed by atoms with Gasteiger partial charge in [-0.25, -0.2) is 4.98 Å². The second-order valence-electron chi connectivity index (χ2n) is 7.66. The number of hydrogen-bond donors (Lipinski definition) is 2. The summed E-state index contributed by atoms with van der Waals surface area (Å²) in [6.45, 7) is 3.03. The van der Waals surface area contributed by atoms with Crippen molar-refractivity contribution in [1.29, 1.82) is 0 Å². The van der Waals surface area contributed by atoms with Crippen molar-refractivity contribution < 1.29 is 0 Å². The van der Waals surface area contributed by atoms with Gasteiger partial charge in [0, 0.05) is 34.3 Å². The van der Waals surface area contributed by atoms with Crippen LogP contribution in [0.25, 0.3) is 10.2 Å². The molecule has 3 nitrogen and oxygen atoms in total. The van der Waals surface area contributed by atoms with E-state index in [0.29, 0.717) is 11.1 Å². The molecular weight excluding hydrogens is 406 g/mol. The van der Waals surface area contributed by atoms with Gasteiger partial charge in [0.05, 0.1) is 15.9 Å². The van der Waals surface area contributed by atoms with E-state index in [2.05, 4.69) is 29.8 Å². The Balaban J connectivity index is 1.73. The zero-order valence-electron chi connectivity index (χ0n) is 16.3. The van der Waals surface area contributed by atoms with E-state index < -0.39 is 0 Å². The molecule has 0 unspecified atom stereocenters. The third kappa shape index (κ3) is 4.23. The van der Waals surface area contributed by atoms with Gasteiger partial charge in [-0.1, -0.05) is 50.3 Å². The van der Waals surface area contributed by atoms with Crippen molar-refractivity contribution in [3.05, 3.63) is 44.1 Å². The zero-order chi connectivity index (χ0) is 19.5.